The Bertz CT molecular complexity index is 396. The van der Waals surface area contributed by atoms with Gasteiger partial charge < -0.3 is 9.84 Å². The maximum atomic E-state index is 12.0. The van der Waals surface area contributed by atoms with Gasteiger partial charge in [0.25, 0.3) is 0 Å². The highest BCUT2D eigenvalue weighted by Crippen LogP contribution is 2.32. The summed E-state index contributed by atoms with van der Waals surface area (Å²) in [5.41, 5.74) is 0.563. The molecule has 1 aromatic rings. The van der Waals surface area contributed by atoms with Gasteiger partial charge in [-0.2, -0.15) is 0 Å². The lowest BCUT2D eigenvalue weighted by Gasteiger charge is -2.29. The van der Waals surface area contributed by atoms with Crippen molar-refractivity contribution in [3.05, 3.63) is 29.8 Å². The zero-order chi connectivity index (χ0) is 12.3. The second kappa shape index (κ2) is 5.32. The van der Waals surface area contributed by atoms with Crippen LogP contribution in [0.1, 0.15) is 36.0 Å². The molecule has 0 radical (unpaired) electrons. The van der Waals surface area contributed by atoms with Crippen molar-refractivity contribution in [3.8, 4) is 5.75 Å². The lowest BCUT2D eigenvalue weighted by Crippen LogP contribution is -2.29. The number of para-hydroxylation sites is 1. The predicted octanol–water partition coefficient (Wildman–Crippen LogP) is 2.43. The molecule has 1 unspecified atom stereocenters. The summed E-state index contributed by atoms with van der Waals surface area (Å²) < 4.78 is 5.15. The molecule has 0 aliphatic heterocycles. The van der Waals surface area contributed by atoms with Crippen LogP contribution in [0.5, 0.6) is 5.75 Å². The molecular weight excluding hydrogens is 216 g/mol. The van der Waals surface area contributed by atoms with Crippen LogP contribution in [0.2, 0.25) is 0 Å². The Hall–Kier alpha value is -1.35. The summed E-state index contributed by atoms with van der Waals surface area (Å²) >= 11 is 0. The summed E-state index contributed by atoms with van der Waals surface area (Å²) in [5.74, 6) is 0.855. The van der Waals surface area contributed by atoms with Crippen LogP contribution in [0.4, 0.5) is 0 Å². The highest BCUT2D eigenvalue weighted by Gasteiger charge is 2.28. The average molecular weight is 234 g/mol. The molecular formula is C14H18O3. The molecule has 1 aliphatic rings. The maximum Gasteiger partial charge on any atom is 0.169 e. The lowest BCUT2D eigenvalue weighted by atomic mass is 9.79. The topological polar surface area (TPSA) is 46.5 Å². The van der Waals surface area contributed by atoms with Gasteiger partial charge in [-0.1, -0.05) is 18.6 Å². The summed E-state index contributed by atoms with van der Waals surface area (Å²) in [6.45, 7) is 0. The van der Waals surface area contributed by atoms with E-state index in [1.165, 1.54) is 6.42 Å². The van der Waals surface area contributed by atoms with Crippen LogP contribution in [0.25, 0.3) is 0 Å². The normalized spacial score (nSPS) is 17.3. The van der Waals surface area contributed by atoms with Gasteiger partial charge in [0.15, 0.2) is 5.78 Å². The summed E-state index contributed by atoms with van der Waals surface area (Å²) in [5, 5.41) is 9.90. The average Bonchev–Trinajstić information content (AvgIpc) is 2.26. The minimum Gasteiger partial charge on any atom is -0.496 e. The zero-order valence-corrected chi connectivity index (χ0v) is 10.1. The monoisotopic (exact) mass is 234 g/mol. The van der Waals surface area contributed by atoms with E-state index in [0.29, 0.717) is 17.2 Å². The largest absolute Gasteiger partial charge is 0.496 e. The number of Topliss-reactive ketones (excluding diaryl/α,β-unsaturated/α-hetero) is 1. The van der Waals surface area contributed by atoms with E-state index in [-0.39, 0.29) is 12.2 Å². The predicted molar refractivity (Wildman–Crippen MR) is 65.3 cm³/mol. The summed E-state index contributed by atoms with van der Waals surface area (Å²) in [7, 11) is 1.55. The third-order valence-electron chi connectivity index (χ3n) is 3.50. The second-order valence-corrected chi connectivity index (χ2v) is 4.59. The fourth-order valence-electron chi connectivity index (χ4n) is 2.17. The number of hydrogen-bond acceptors (Lipinski definition) is 3. The lowest BCUT2D eigenvalue weighted by molar-refractivity contribution is 0.0499. The van der Waals surface area contributed by atoms with Gasteiger partial charge in [0.2, 0.25) is 0 Å². The van der Waals surface area contributed by atoms with Crippen molar-refractivity contribution in [1.82, 2.24) is 0 Å². The number of benzene rings is 1. The Balaban J connectivity index is 2.03. The zero-order valence-electron chi connectivity index (χ0n) is 10.1. The highest BCUT2D eigenvalue weighted by atomic mass is 16.5. The molecule has 3 heteroatoms. The minimum atomic E-state index is -0.499. The second-order valence-electron chi connectivity index (χ2n) is 4.59. The van der Waals surface area contributed by atoms with E-state index in [4.69, 9.17) is 4.74 Å². The van der Waals surface area contributed by atoms with Gasteiger partial charge in [-0.25, -0.2) is 0 Å². The van der Waals surface area contributed by atoms with Crippen LogP contribution in [0.15, 0.2) is 24.3 Å². The van der Waals surface area contributed by atoms with Crippen LogP contribution >= 0.6 is 0 Å². The number of methoxy groups -OCH3 is 1. The number of carbonyl (C=O) groups is 1. The number of rotatable bonds is 5. The quantitative estimate of drug-likeness (QED) is 0.796. The van der Waals surface area contributed by atoms with Crippen molar-refractivity contribution in [3.63, 3.8) is 0 Å². The van der Waals surface area contributed by atoms with Crippen molar-refractivity contribution < 1.29 is 14.6 Å². The summed E-state index contributed by atoms with van der Waals surface area (Å²) in [6, 6.07) is 7.15. The highest BCUT2D eigenvalue weighted by molar-refractivity contribution is 5.98. The van der Waals surface area contributed by atoms with Gasteiger partial charge in [0.1, 0.15) is 5.75 Å². The van der Waals surface area contributed by atoms with Crippen molar-refractivity contribution in [2.24, 2.45) is 5.92 Å². The molecule has 1 atom stereocenters. The third kappa shape index (κ3) is 2.67. The summed E-state index contributed by atoms with van der Waals surface area (Å²) in [6.07, 6.45) is 2.96. The fourth-order valence-corrected chi connectivity index (χ4v) is 2.17. The van der Waals surface area contributed by atoms with Gasteiger partial charge >= 0.3 is 0 Å². The Labute approximate surface area is 101 Å². The van der Waals surface area contributed by atoms with E-state index in [2.05, 4.69) is 0 Å². The first-order valence-corrected chi connectivity index (χ1v) is 6.06. The van der Waals surface area contributed by atoms with Crippen molar-refractivity contribution in [2.75, 3.05) is 7.11 Å². The Morgan fingerprint density at radius 2 is 2.18 bits per heavy atom. The SMILES string of the molecule is COc1ccccc1C(=O)CC(O)C1CCC1. The van der Waals surface area contributed by atoms with E-state index in [1.807, 2.05) is 12.1 Å². The van der Waals surface area contributed by atoms with E-state index >= 15 is 0 Å². The van der Waals surface area contributed by atoms with Crippen LogP contribution in [-0.4, -0.2) is 24.1 Å². The van der Waals surface area contributed by atoms with Crippen LogP contribution in [0, 0.1) is 5.92 Å². The number of hydrogen-bond donors (Lipinski definition) is 1. The van der Waals surface area contributed by atoms with E-state index in [1.54, 1.807) is 19.2 Å². The molecule has 0 saturated heterocycles. The van der Waals surface area contributed by atoms with E-state index in [0.717, 1.165) is 12.8 Å². The molecule has 3 nitrogen and oxygen atoms in total. The fraction of sp³-hybridized carbons (Fsp3) is 0.500. The summed E-state index contributed by atoms with van der Waals surface area (Å²) in [4.78, 5) is 12.0. The number of carbonyl (C=O) groups excluding carboxylic acids is 1. The molecule has 92 valence electrons. The Kier molecular flexibility index (Phi) is 3.79. The van der Waals surface area contributed by atoms with Crippen LogP contribution in [0.3, 0.4) is 0 Å². The molecule has 1 N–H and O–H groups in total. The molecule has 0 heterocycles. The minimum absolute atomic E-state index is 0.0400. The van der Waals surface area contributed by atoms with Gasteiger partial charge in [-0.15, -0.1) is 0 Å². The van der Waals surface area contributed by atoms with Crippen LogP contribution in [-0.2, 0) is 0 Å². The molecule has 1 saturated carbocycles. The molecule has 1 aliphatic carbocycles. The molecule has 17 heavy (non-hydrogen) atoms. The molecule has 1 aromatic carbocycles. The number of ether oxygens (including phenoxy) is 1. The molecule has 2 rings (SSSR count). The third-order valence-corrected chi connectivity index (χ3v) is 3.50. The molecule has 0 spiro atoms. The number of ketones is 1. The van der Waals surface area contributed by atoms with Crippen molar-refractivity contribution in [1.29, 1.82) is 0 Å². The molecule has 0 amide bonds. The van der Waals surface area contributed by atoms with Gasteiger partial charge in [-0.3, -0.25) is 4.79 Å². The first kappa shape index (κ1) is 12.1. The first-order valence-electron chi connectivity index (χ1n) is 6.06. The van der Waals surface area contributed by atoms with Crippen molar-refractivity contribution >= 4 is 5.78 Å². The Morgan fingerprint density at radius 1 is 1.47 bits per heavy atom. The first-order chi connectivity index (χ1) is 8.22. The molecule has 1 fully saturated rings. The van der Waals surface area contributed by atoms with E-state index < -0.39 is 6.10 Å². The Morgan fingerprint density at radius 3 is 2.76 bits per heavy atom. The van der Waals surface area contributed by atoms with E-state index in [9.17, 15) is 9.90 Å². The number of aliphatic hydroxyl groups excluding tert-OH is 1. The van der Waals surface area contributed by atoms with Gasteiger partial charge in [0.05, 0.1) is 18.8 Å². The standard InChI is InChI=1S/C14H18O3/c1-17-14-8-3-2-7-11(14)13(16)9-12(15)10-5-4-6-10/h2-3,7-8,10,12,15H,4-6,9H2,1H3. The van der Waals surface area contributed by atoms with Gasteiger partial charge in [-0.05, 0) is 30.9 Å². The molecule has 0 bridgehead atoms. The van der Waals surface area contributed by atoms with Gasteiger partial charge in [0, 0.05) is 6.42 Å². The maximum absolute atomic E-state index is 12.0. The van der Waals surface area contributed by atoms with Crippen molar-refractivity contribution in [2.45, 2.75) is 31.8 Å². The number of aliphatic hydroxyl groups is 1. The van der Waals surface area contributed by atoms with Crippen LogP contribution < -0.4 is 4.74 Å². The smallest absolute Gasteiger partial charge is 0.169 e. The molecule has 0 aromatic heterocycles.